The minimum atomic E-state index is 0.0569. The van der Waals surface area contributed by atoms with Crippen molar-refractivity contribution in [2.24, 2.45) is 4.99 Å². The van der Waals surface area contributed by atoms with Crippen LogP contribution in [-0.2, 0) is 11.3 Å². The number of carbonyl (C=O) groups excluding carboxylic acids is 1. The Kier molecular flexibility index (Phi) is 6.32. The number of fused-ring (bicyclic) bond motifs is 1. The SMILES string of the molecule is CN=C(NCc1cccc(-c2cccc(C)c2)c1)NCC1CC(=O)Nc2ccccc21. The van der Waals surface area contributed by atoms with Crippen LogP contribution in [0.5, 0.6) is 0 Å². The summed E-state index contributed by atoms with van der Waals surface area (Å²) in [5, 5.41) is 9.72. The van der Waals surface area contributed by atoms with Crippen molar-refractivity contribution in [1.82, 2.24) is 10.6 Å². The van der Waals surface area contributed by atoms with Gasteiger partial charge in [0.05, 0.1) is 0 Å². The highest BCUT2D eigenvalue weighted by atomic mass is 16.1. The summed E-state index contributed by atoms with van der Waals surface area (Å²) in [6.07, 6.45) is 0.472. The molecule has 0 aromatic heterocycles. The number of para-hydroxylation sites is 1. The highest BCUT2D eigenvalue weighted by Gasteiger charge is 2.24. The predicted octanol–water partition coefficient (Wildman–Crippen LogP) is 4.45. The average Bonchev–Trinajstić information content (AvgIpc) is 2.79. The van der Waals surface area contributed by atoms with Gasteiger partial charge in [0, 0.05) is 38.2 Å². The first kappa shape index (κ1) is 20.7. The van der Waals surface area contributed by atoms with E-state index < -0.39 is 0 Å². The second-order valence-corrected chi connectivity index (χ2v) is 7.91. The lowest BCUT2D eigenvalue weighted by Crippen LogP contribution is -2.40. The van der Waals surface area contributed by atoms with E-state index in [4.69, 9.17) is 0 Å². The van der Waals surface area contributed by atoms with Crippen LogP contribution in [0, 0.1) is 6.92 Å². The Balaban J connectivity index is 1.38. The topological polar surface area (TPSA) is 65.5 Å². The van der Waals surface area contributed by atoms with E-state index in [2.05, 4.69) is 82.5 Å². The van der Waals surface area contributed by atoms with Gasteiger partial charge in [0.1, 0.15) is 0 Å². The van der Waals surface area contributed by atoms with Crippen LogP contribution in [0.1, 0.15) is 29.0 Å². The maximum absolute atomic E-state index is 12.0. The first-order chi connectivity index (χ1) is 15.1. The molecule has 0 radical (unpaired) electrons. The number of aryl methyl sites for hydroxylation is 1. The fourth-order valence-corrected chi connectivity index (χ4v) is 4.00. The van der Waals surface area contributed by atoms with E-state index >= 15 is 0 Å². The van der Waals surface area contributed by atoms with Gasteiger partial charge in [-0.15, -0.1) is 0 Å². The molecule has 31 heavy (non-hydrogen) atoms. The number of nitrogens with one attached hydrogen (secondary N) is 3. The lowest BCUT2D eigenvalue weighted by Gasteiger charge is -2.26. The number of amides is 1. The zero-order valence-corrected chi connectivity index (χ0v) is 18.0. The average molecular weight is 413 g/mol. The molecule has 0 spiro atoms. The molecule has 1 heterocycles. The second kappa shape index (κ2) is 9.47. The summed E-state index contributed by atoms with van der Waals surface area (Å²) in [6, 6.07) is 25.1. The standard InChI is InChI=1S/C26H28N4O/c1-18-7-5-9-20(13-18)21-10-6-8-19(14-21)16-28-26(27-2)29-17-22-15-25(31)30-24-12-4-3-11-23(22)24/h3-14,22H,15-17H2,1-2H3,(H,30,31)(H2,27,28,29). The number of nitrogens with zero attached hydrogens (tertiary/aromatic N) is 1. The molecule has 158 valence electrons. The third-order valence-corrected chi connectivity index (χ3v) is 5.58. The van der Waals surface area contributed by atoms with Crippen molar-refractivity contribution in [2.45, 2.75) is 25.8 Å². The molecule has 3 aromatic carbocycles. The van der Waals surface area contributed by atoms with Crippen LogP contribution in [-0.4, -0.2) is 25.5 Å². The van der Waals surface area contributed by atoms with E-state index in [0.717, 1.165) is 17.2 Å². The van der Waals surface area contributed by atoms with Crippen LogP contribution in [0.15, 0.2) is 77.8 Å². The van der Waals surface area contributed by atoms with Gasteiger partial charge in [-0.05, 0) is 41.3 Å². The van der Waals surface area contributed by atoms with Gasteiger partial charge in [0.15, 0.2) is 5.96 Å². The molecule has 5 heteroatoms. The largest absolute Gasteiger partial charge is 0.356 e. The number of aliphatic imine (C=N–C) groups is 1. The van der Waals surface area contributed by atoms with Gasteiger partial charge >= 0.3 is 0 Å². The van der Waals surface area contributed by atoms with Crippen LogP contribution in [0.25, 0.3) is 11.1 Å². The molecule has 0 bridgehead atoms. The number of rotatable bonds is 5. The molecule has 3 N–H and O–H groups in total. The Bertz CT molecular complexity index is 1110. The van der Waals surface area contributed by atoms with Crippen LogP contribution in [0.2, 0.25) is 0 Å². The summed E-state index contributed by atoms with van der Waals surface area (Å²) >= 11 is 0. The zero-order valence-electron chi connectivity index (χ0n) is 18.0. The molecule has 1 aliphatic heterocycles. The van der Waals surface area contributed by atoms with Crippen LogP contribution in [0.4, 0.5) is 5.69 Å². The van der Waals surface area contributed by atoms with Crippen molar-refractivity contribution in [3.63, 3.8) is 0 Å². The number of guanidine groups is 1. The van der Waals surface area contributed by atoms with Crippen molar-refractivity contribution in [2.75, 3.05) is 18.9 Å². The summed E-state index contributed by atoms with van der Waals surface area (Å²) in [5.41, 5.74) is 6.93. The normalized spacial score (nSPS) is 15.7. The Labute approximate surface area is 183 Å². The summed E-state index contributed by atoms with van der Waals surface area (Å²) in [5.74, 6) is 0.902. The van der Waals surface area contributed by atoms with Crippen molar-refractivity contribution < 1.29 is 4.79 Å². The third-order valence-electron chi connectivity index (χ3n) is 5.58. The third kappa shape index (κ3) is 5.12. The summed E-state index contributed by atoms with van der Waals surface area (Å²) in [4.78, 5) is 16.4. The lowest BCUT2D eigenvalue weighted by molar-refractivity contribution is -0.116. The number of anilines is 1. The van der Waals surface area contributed by atoms with Crippen molar-refractivity contribution in [3.05, 3.63) is 89.5 Å². The van der Waals surface area contributed by atoms with E-state index in [9.17, 15) is 4.79 Å². The van der Waals surface area contributed by atoms with Gasteiger partial charge in [0.25, 0.3) is 0 Å². The Morgan fingerprint density at radius 3 is 2.58 bits per heavy atom. The molecule has 5 nitrogen and oxygen atoms in total. The molecule has 1 aliphatic rings. The minimum Gasteiger partial charge on any atom is -0.356 e. The predicted molar refractivity (Wildman–Crippen MR) is 127 cm³/mol. The molecule has 1 unspecified atom stereocenters. The van der Waals surface area contributed by atoms with Crippen LogP contribution in [0.3, 0.4) is 0 Å². The Morgan fingerprint density at radius 2 is 1.77 bits per heavy atom. The second-order valence-electron chi connectivity index (χ2n) is 7.91. The quantitative estimate of drug-likeness (QED) is 0.428. The zero-order chi connectivity index (χ0) is 21.6. The summed E-state index contributed by atoms with van der Waals surface area (Å²) in [7, 11) is 1.76. The molecular weight excluding hydrogens is 384 g/mol. The number of benzene rings is 3. The highest BCUT2D eigenvalue weighted by molar-refractivity contribution is 5.94. The Hall–Kier alpha value is -3.60. The van der Waals surface area contributed by atoms with E-state index in [1.807, 2.05) is 18.2 Å². The van der Waals surface area contributed by atoms with Gasteiger partial charge in [-0.2, -0.15) is 0 Å². The van der Waals surface area contributed by atoms with Crippen molar-refractivity contribution in [1.29, 1.82) is 0 Å². The number of carbonyl (C=O) groups is 1. The Morgan fingerprint density at radius 1 is 1.00 bits per heavy atom. The van der Waals surface area contributed by atoms with Crippen molar-refractivity contribution in [3.8, 4) is 11.1 Å². The van der Waals surface area contributed by atoms with Gasteiger partial charge in [-0.3, -0.25) is 9.79 Å². The number of hydrogen-bond acceptors (Lipinski definition) is 2. The van der Waals surface area contributed by atoms with Crippen LogP contribution < -0.4 is 16.0 Å². The van der Waals surface area contributed by atoms with Crippen molar-refractivity contribution >= 4 is 17.6 Å². The van der Waals surface area contributed by atoms with Gasteiger partial charge in [0.2, 0.25) is 5.91 Å². The van der Waals surface area contributed by atoms with E-state index in [1.54, 1.807) is 7.05 Å². The van der Waals surface area contributed by atoms with Gasteiger partial charge in [-0.25, -0.2) is 0 Å². The molecule has 0 saturated heterocycles. The summed E-state index contributed by atoms with van der Waals surface area (Å²) < 4.78 is 0. The maximum atomic E-state index is 12.0. The molecule has 1 amide bonds. The van der Waals surface area contributed by atoms with Gasteiger partial charge < -0.3 is 16.0 Å². The monoisotopic (exact) mass is 412 g/mol. The smallest absolute Gasteiger partial charge is 0.225 e. The maximum Gasteiger partial charge on any atom is 0.225 e. The van der Waals surface area contributed by atoms with E-state index in [1.165, 1.54) is 22.3 Å². The molecular formula is C26H28N4O. The number of hydrogen-bond donors (Lipinski definition) is 3. The lowest BCUT2D eigenvalue weighted by atomic mass is 9.90. The fourth-order valence-electron chi connectivity index (χ4n) is 4.00. The summed E-state index contributed by atoms with van der Waals surface area (Å²) in [6.45, 7) is 3.42. The molecule has 4 rings (SSSR count). The highest BCUT2D eigenvalue weighted by Crippen LogP contribution is 2.31. The molecule has 1 atom stereocenters. The van der Waals surface area contributed by atoms with E-state index in [0.29, 0.717) is 19.5 Å². The first-order valence-corrected chi connectivity index (χ1v) is 10.6. The fraction of sp³-hybridized carbons (Fsp3) is 0.231. The van der Waals surface area contributed by atoms with Gasteiger partial charge in [-0.1, -0.05) is 66.2 Å². The van der Waals surface area contributed by atoms with Crippen LogP contribution >= 0.6 is 0 Å². The minimum absolute atomic E-state index is 0.0569. The molecule has 0 fully saturated rings. The molecule has 3 aromatic rings. The van der Waals surface area contributed by atoms with E-state index in [-0.39, 0.29) is 11.8 Å². The first-order valence-electron chi connectivity index (χ1n) is 10.6. The molecule has 0 aliphatic carbocycles. The molecule has 0 saturated carbocycles.